The molecule has 0 bridgehead atoms. The Bertz CT molecular complexity index is 1010. The molecule has 0 fully saturated rings. The maximum absolute atomic E-state index is 13.7. The summed E-state index contributed by atoms with van der Waals surface area (Å²) in [5.41, 5.74) is 8.63. The average molecular weight is 370 g/mol. The van der Waals surface area contributed by atoms with Crippen LogP contribution in [0.3, 0.4) is 0 Å². The van der Waals surface area contributed by atoms with Crippen LogP contribution in [0.15, 0.2) is 30.6 Å². The van der Waals surface area contributed by atoms with Gasteiger partial charge in [-0.25, -0.2) is 18.9 Å². The van der Waals surface area contributed by atoms with Gasteiger partial charge >= 0.3 is 6.09 Å². The number of pyridine rings is 1. The number of nitrogens with zero attached hydrogens (tertiary/aromatic N) is 3. The number of fused-ring (bicyclic) bond motifs is 1. The maximum Gasteiger partial charge on any atom is 0.405 e. The van der Waals surface area contributed by atoms with E-state index in [0.29, 0.717) is 13.0 Å². The fourth-order valence-electron chi connectivity index (χ4n) is 3.43. The second-order valence-electron chi connectivity index (χ2n) is 7.17. The van der Waals surface area contributed by atoms with Gasteiger partial charge in [0.1, 0.15) is 11.4 Å². The molecule has 6 nitrogen and oxygen atoms in total. The van der Waals surface area contributed by atoms with Crippen molar-refractivity contribution in [3.05, 3.63) is 47.5 Å². The van der Waals surface area contributed by atoms with Gasteiger partial charge in [0.25, 0.3) is 0 Å². The molecule has 0 unspecified atom stereocenters. The summed E-state index contributed by atoms with van der Waals surface area (Å²) in [6.45, 7) is 8.13. The first-order chi connectivity index (χ1) is 12.7. The molecule has 2 aromatic heterocycles. The van der Waals surface area contributed by atoms with Crippen LogP contribution in [-0.4, -0.2) is 26.5 Å². The van der Waals surface area contributed by atoms with Gasteiger partial charge in [-0.1, -0.05) is 6.07 Å². The van der Waals surface area contributed by atoms with Gasteiger partial charge < -0.3 is 10.5 Å². The third kappa shape index (κ3) is 3.77. The molecule has 142 valence electrons. The van der Waals surface area contributed by atoms with E-state index in [2.05, 4.69) is 10.1 Å². The summed E-state index contributed by atoms with van der Waals surface area (Å²) < 4.78 is 20.7. The molecule has 2 N–H and O–H groups in total. The fourth-order valence-corrected chi connectivity index (χ4v) is 3.43. The zero-order valence-electron chi connectivity index (χ0n) is 15.9. The summed E-state index contributed by atoms with van der Waals surface area (Å²) in [5.74, 6) is -0.287. The van der Waals surface area contributed by atoms with Crippen molar-refractivity contribution in [1.29, 1.82) is 0 Å². The monoisotopic (exact) mass is 370 g/mol. The molecule has 1 amide bonds. The minimum atomic E-state index is -0.827. The topological polar surface area (TPSA) is 83.0 Å². The molecule has 0 spiro atoms. The lowest BCUT2D eigenvalue weighted by atomic mass is 9.89. The highest BCUT2D eigenvalue weighted by molar-refractivity contribution is 5.95. The number of aromatic nitrogens is 3. The van der Waals surface area contributed by atoms with Crippen molar-refractivity contribution in [3.63, 3.8) is 0 Å². The van der Waals surface area contributed by atoms with Gasteiger partial charge in [-0.2, -0.15) is 5.10 Å². The second-order valence-corrected chi connectivity index (χ2v) is 7.17. The van der Waals surface area contributed by atoms with Crippen molar-refractivity contribution < 1.29 is 13.9 Å². The van der Waals surface area contributed by atoms with Crippen molar-refractivity contribution in [2.24, 2.45) is 5.73 Å². The first-order valence-corrected chi connectivity index (χ1v) is 8.80. The zero-order valence-corrected chi connectivity index (χ0v) is 15.9. The Morgan fingerprint density at radius 3 is 2.70 bits per heavy atom. The fraction of sp³-hybridized carbons (Fsp3) is 0.350. The Kier molecular flexibility index (Phi) is 4.87. The van der Waals surface area contributed by atoms with E-state index in [0.717, 1.165) is 33.3 Å². The summed E-state index contributed by atoms with van der Waals surface area (Å²) in [6, 6.07) is 4.70. The number of benzene rings is 1. The number of carbonyl (C=O) groups excluding carboxylic acids is 1. The smallest absolute Gasteiger partial charge is 0.405 e. The summed E-state index contributed by atoms with van der Waals surface area (Å²) in [6.07, 6.45) is 3.12. The summed E-state index contributed by atoms with van der Waals surface area (Å²) in [4.78, 5) is 15.8. The Morgan fingerprint density at radius 2 is 2.07 bits per heavy atom. The molecule has 0 atom stereocenters. The van der Waals surface area contributed by atoms with Gasteiger partial charge in [0.15, 0.2) is 5.65 Å². The zero-order chi connectivity index (χ0) is 19.8. The number of aryl methyl sites for hydroxylation is 2. The molecule has 3 rings (SSSR count). The van der Waals surface area contributed by atoms with E-state index in [1.165, 1.54) is 12.1 Å². The largest absolute Gasteiger partial charge is 0.443 e. The molecule has 0 saturated carbocycles. The van der Waals surface area contributed by atoms with E-state index in [4.69, 9.17) is 10.5 Å². The number of rotatable bonds is 5. The quantitative estimate of drug-likeness (QED) is 0.736. The molecular weight excluding hydrogens is 347 g/mol. The first-order valence-electron chi connectivity index (χ1n) is 8.80. The molecule has 0 aliphatic rings. The standard InChI is InChI=1S/C20H23FN4O2/c1-5-25-18-16(11-24-25)17(15-7-6-14(21)8-12(15)2)13(10-23-18)9-20(3,4)27-19(22)26/h6-8,10-11H,5,9H2,1-4H3,(H2,22,26). The number of halogens is 1. The van der Waals surface area contributed by atoms with Gasteiger partial charge in [-0.3, -0.25) is 0 Å². The van der Waals surface area contributed by atoms with Crippen molar-refractivity contribution in [2.75, 3.05) is 0 Å². The number of ether oxygens (including phenoxy) is 1. The number of carbonyl (C=O) groups is 1. The minimum Gasteiger partial charge on any atom is -0.443 e. The number of nitrogens with two attached hydrogens (primary N) is 1. The highest BCUT2D eigenvalue weighted by Crippen LogP contribution is 2.35. The highest BCUT2D eigenvalue weighted by Gasteiger charge is 2.26. The molecule has 0 aliphatic carbocycles. The number of hydrogen-bond acceptors (Lipinski definition) is 4. The van der Waals surface area contributed by atoms with Crippen LogP contribution < -0.4 is 5.73 Å². The normalized spacial score (nSPS) is 11.7. The van der Waals surface area contributed by atoms with E-state index in [-0.39, 0.29) is 5.82 Å². The molecule has 7 heteroatoms. The van der Waals surface area contributed by atoms with Crippen molar-refractivity contribution in [3.8, 4) is 11.1 Å². The van der Waals surface area contributed by atoms with E-state index < -0.39 is 11.7 Å². The van der Waals surface area contributed by atoms with Crippen LogP contribution in [0.2, 0.25) is 0 Å². The van der Waals surface area contributed by atoms with Gasteiger partial charge in [0.05, 0.1) is 6.20 Å². The van der Waals surface area contributed by atoms with E-state index in [1.807, 2.05) is 18.5 Å². The van der Waals surface area contributed by atoms with Crippen LogP contribution >= 0.6 is 0 Å². The first kappa shape index (κ1) is 18.8. The van der Waals surface area contributed by atoms with Gasteiger partial charge in [-0.05, 0) is 62.1 Å². The van der Waals surface area contributed by atoms with Crippen molar-refractivity contribution >= 4 is 17.1 Å². The third-order valence-electron chi connectivity index (χ3n) is 4.50. The van der Waals surface area contributed by atoms with E-state index in [9.17, 15) is 9.18 Å². The molecule has 27 heavy (non-hydrogen) atoms. The van der Waals surface area contributed by atoms with Crippen LogP contribution in [0.4, 0.5) is 9.18 Å². The summed E-state index contributed by atoms with van der Waals surface area (Å²) in [5, 5.41) is 5.28. The lowest BCUT2D eigenvalue weighted by Gasteiger charge is -2.25. The van der Waals surface area contributed by atoms with Gasteiger partial charge in [0.2, 0.25) is 0 Å². The second kappa shape index (κ2) is 6.98. The predicted molar refractivity (Wildman–Crippen MR) is 102 cm³/mol. The Labute approximate surface area is 157 Å². The number of hydrogen-bond donors (Lipinski definition) is 1. The third-order valence-corrected chi connectivity index (χ3v) is 4.50. The maximum atomic E-state index is 13.7. The van der Waals surface area contributed by atoms with Crippen LogP contribution in [-0.2, 0) is 17.7 Å². The van der Waals surface area contributed by atoms with Gasteiger partial charge in [0, 0.05) is 24.5 Å². The highest BCUT2D eigenvalue weighted by atomic mass is 19.1. The number of amides is 1. The van der Waals surface area contributed by atoms with Crippen molar-refractivity contribution in [2.45, 2.75) is 46.3 Å². The average Bonchev–Trinajstić information content (AvgIpc) is 2.97. The molecular formula is C20H23FN4O2. The minimum absolute atomic E-state index is 0.287. The van der Waals surface area contributed by atoms with Crippen LogP contribution in [0.1, 0.15) is 31.9 Å². The summed E-state index contributed by atoms with van der Waals surface area (Å²) >= 11 is 0. The number of primary amides is 1. The van der Waals surface area contributed by atoms with E-state index >= 15 is 0 Å². The van der Waals surface area contributed by atoms with Crippen LogP contribution in [0.5, 0.6) is 0 Å². The van der Waals surface area contributed by atoms with E-state index in [1.54, 1.807) is 32.3 Å². The van der Waals surface area contributed by atoms with Crippen LogP contribution in [0.25, 0.3) is 22.2 Å². The Morgan fingerprint density at radius 1 is 1.33 bits per heavy atom. The molecule has 2 heterocycles. The molecule has 1 aromatic carbocycles. The Hall–Kier alpha value is -2.96. The molecule has 0 radical (unpaired) electrons. The molecule has 0 saturated heterocycles. The SMILES string of the molecule is CCn1ncc2c(-c3ccc(F)cc3C)c(CC(C)(C)OC(N)=O)cnc21. The van der Waals surface area contributed by atoms with Crippen LogP contribution in [0, 0.1) is 12.7 Å². The van der Waals surface area contributed by atoms with Crippen molar-refractivity contribution in [1.82, 2.24) is 14.8 Å². The lowest BCUT2D eigenvalue weighted by molar-refractivity contribution is 0.0461. The summed E-state index contributed by atoms with van der Waals surface area (Å²) in [7, 11) is 0. The lowest BCUT2D eigenvalue weighted by Crippen LogP contribution is -2.33. The predicted octanol–water partition coefficient (Wildman–Crippen LogP) is 3.98. The molecule has 3 aromatic rings. The van der Waals surface area contributed by atoms with Gasteiger partial charge in [-0.15, -0.1) is 0 Å². The Balaban J connectivity index is 2.23. The molecule has 0 aliphatic heterocycles.